The van der Waals surface area contributed by atoms with E-state index in [2.05, 4.69) is 65.2 Å². The summed E-state index contributed by atoms with van der Waals surface area (Å²) in [4.78, 5) is 0. The summed E-state index contributed by atoms with van der Waals surface area (Å²) in [6.07, 6.45) is 5.29. The molecule has 0 fully saturated rings. The molecule has 0 saturated carbocycles. The van der Waals surface area contributed by atoms with E-state index in [9.17, 15) is 10.0 Å². The van der Waals surface area contributed by atoms with E-state index in [1.807, 2.05) is 12.2 Å². The van der Waals surface area contributed by atoms with Crippen LogP contribution in [0.5, 0.6) is 0 Å². The molecule has 1 aromatic heterocycles. The van der Waals surface area contributed by atoms with Crippen LogP contribution in [0.1, 0.15) is 12.8 Å². The van der Waals surface area contributed by atoms with E-state index in [1.54, 1.807) is 0 Å². The van der Waals surface area contributed by atoms with Gasteiger partial charge in [0.2, 0.25) is 0 Å². The maximum atomic E-state index is 9.41. The molecule has 2 N–H and O–H groups in total. The molecule has 0 saturated heterocycles. The highest BCUT2D eigenvalue weighted by Crippen LogP contribution is 2.38. The Balaban J connectivity index is 1.87. The lowest BCUT2D eigenvalue weighted by Gasteiger charge is -2.17. The number of benzene rings is 3. The van der Waals surface area contributed by atoms with Crippen molar-refractivity contribution in [3.8, 4) is 0 Å². The van der Waals surface area contributed by atoms with Crippen LogP contribution < -0.4 is 0 Å². The first-order valence-corrected chi connectivity index (χ1v) is 8.91. The molecule has 0 spiro atoms. The number of fused-ring (bicyclic) bond motifs is 5. The third-order valence-electron chi connectivity index (χ3n) is 5.34. The minimum atomic E-state index is -1.37. The van der Waals surface area contributed by atoms with Crippen molar-refractivity contribution in [3.63, 3.8) is 0 Å². The van der Waals surface area contributed by atoms with Gasteiger partial charge in [0.1, 0.15) is 0 Å². The maximum Gasteiger partial charge on any atom is 0.484 e. The molecule has 1 aliphatic rings. The number of allylic oxidation sites excluding steroid dienone is 4. The fourth-order valence-corrected chi connectivity index (χ4v) is 4.09. The molecule has 4 heteroatoms. The SMILES string of the molecule is OB(O)C1=CC=C(n2c3ccccc3c3c4ccccc4ccc32)CC1. The van der Waals surface area contributed by atoms with Crippen LogP contribution in [0.15, 0.2) is 78.3 Å². The normalized spacial score (nSPS) is 14.7. The van der Waals surface area contributed by atoms with Gasteiger partial charge in [0.15, 0.2) is 0 Å². The predicted octanol–water partition coefficient (Wildman–Crippen LogP) is 4.52. The average molecular weight is 339 g/mol. The fraction of sp³-hybridized carbons (Fsp3) is 0.0909. The summed E-state index contributed by atoms with van der Waals surface area (Å²) in [5.41, 5.74) is 4.22. The Morgan fingerprint density at radius 2 is 1.50 bits per heavy atom. The first-order chi connectivity index (χ1) is 12.7. The monoisotopic (exact) mass is 339 g/mol. The highest BCUT2D eigenvalue weighted by molar-refractivity contribution is 6.50. The summed E-state index contributed by atoms with van der Waals surface area (Å²) in [5.74, 6) is 0. The Morgan fingerprint density at radius 3 is 2.27 bits per heavy atom. The van der Waals surface area contributed by atoms with Crippen molar-refractivity contribution in [2.45, 2.75) is 12.8 Å². The second-order valence-electron chi connectivity index (χ2n) is 6.81. The molecule has 0 radical (unpaired) electrons. The van der Waals surface area contributed by atoms with Gasteiger partial charge in [-0.25, -0.2) is 0 Å². The molecule has 126 valence electrons. The second-order valence-corrected chi connectivity index (χ2v) is 6.81. The first-order valence-electron chi connectivity index (χ1n) is 8.91. The van der Waals surface area contributed by atoms with Crippen molar-refractivity contribution in [1.29, 1.82) is 0 Å². The van der Waals surface area contributed by atoms with Gasteiger partial charge in [-0.2, -0.15) is 0 Å². The van der Waals surface area contributed by atoms with Crippen LogP contribution >= 0.6 is 0 Å². The van der Waals surface area contributed by atoms with Crippen molar-refractivity contribution in [3.05, 3.63) is 78.3 Å². The zero-order valence-electron chi connectivity index (χ0n) is 14.3. The van der Waals surface area contributed by atoms with E-state index in [1.165, 1.54) is 38.3 Å². The van der Waals surface area contributed by atoms with Crippen LogP contribution in [-0.4, -0.2) is 21.7 Å². The van der Waals surface area contributed by atoms with Crippen molar-refractivity contribution >= 4 is 45.4 Å². The number of para-hydroxylation sites is 1. The van der Waals surface area contributed by atoms with E-state index in [4.69, 9.17) is 0 Å². The number of hydrogen-bond donors (Lipinski definition) is 2. The van der Waals surface area contributed by atoms with E-state index >= 15 is 0 Å². The Morgan fingerprint density at radius 1 is 0.731 bits per heavy atom. The van der Waals surface area contributed by atoms with Crippen LogP contribution in [0.25, 0.3) is 38.3 Å². The van der Waals surface area contributed by atoms with Crippen LogP contribution in [0, 0.1) is 0 Å². The number of rotatable bonds is 2. The topological polar surface area (TPSA) is 45.4 Å². The zero-order chi connectivity index (χ0) is 17.7. The molecule has 26 heavy (non-hydrogen) atoms. The van der Waals surface area contributed by atoms with E-state index in [0.29, 0.717) is 11.9 Å². The summed E-state index contributed by atoms with van der Waals surface area (Å²) in [5, 5.41) is 23.8. The van der Waals surface area contributed by atoms with Gasteiger partial charge in [-0.15, -0.1) is 0 Å². The summed E-state index contributed by atoms with van der Waals surface area (Å²) < 4.78 is 2.31. The molecule has 5 rings (SSSR count). The van der Waals surface area contributed by atoms with Gasteiger partial charge in [-0.1, -0.05) is 54.6 Å². The van der Waals surface area contributed by atoms with E-state index in [-0.39, 0.29) is 0 Å². The van der Waals surface area contributed by atoms with Gasteiger partial charge < -0.3 is 14.6 Å². The average Bonchev–Trinajstić information content (AvgIpc) is 3.03. The predicted molar refractivity (Wildman–Crippen MR) is 109 cm³/mol. The quantitative estimate of drug-likeness (QED) is 0.528. The standard InChI is InChI=1S/C22H18BNO2/c25-23(26)16-10-12-17(13-11-16)24-20-8-4-3-7-19(20)22-18-6-2-1-5-15(18)9-14-21(22)24/h1-10,12,14,25-26H,11,13H2. The van der Waals surface area contributed by atoms with E-state index < -0.39 is 7.12 Å². The molecule has 0 atom stereocenters. The van der Waals surface area contributed by atoms with Gasteiger partial charge >= 0.3 is 7.12 Å². The van der Waals surface area contributed by atoms with Crippen LogP contribution in [0.2, 0.25) is 0 Å². The maximum absolute atomic E-state index is 9.41. The first kappa shape index (κ1) is 15.4. The van der Waals surface area contributed by atoms with Crippen molar-refractivity contribution in [1.82, 2.24) is 4.57 Å². The summed E-state index contributed by atoms with van der Waals surface area (Å²) in [7, 11) is -1.37. The molecule has 3 nitrogen and oxygen atoms in total. The molecule has 4 aromatic rings. The van der Waals surface area contributed by atoms with Crippen molar-refractivity contribution in [2.75, 3.05) is 0 Å². The molecule has 0 aliphatic heterocycles. The summed E-state index contributed by atoms with van der Waals surface area (Å²) in [6, 6.07) is 21.4. The van der Waals surface area contributed by atoms with Gasteiger partial charge in [0, 0.05) is 16.5 Å². The lowest BCUT2D eigenvalue weighted by Crippen LogP contribution is -2.17. The lowest BCUT2D eigenvalue weighted by molar-refractivity contribution is 0.416. The van der Waals surface area contributed by atoms with Crippen molar-refractivity contribution in [2.24, 2.45) is 0 Å². The molecular weight excluding hydrogens is 321 g/mol. The van der Waals surface area contributed by atoms with Gasteiger partial charge in [0.25, 0.3) is 0 Å². The van der Waals surface area contributed by atoms with Gasteiger partial charge in [-0.05, 0) is 47.3 Å². The van der Waals surface area contributed by atoms with Crippen LogP contribution in [0.4, 0.5) is 0 Å². The highest BCUT2D eigenvalue weighted by Gasteiger charge is 2.20. The van der Waals surface area contributed by atoms with Crippen molar-refractivity contribution < 1.29 is 10.0 Å². The van der Waals surface area contributed by atoms with Gasteiger partial charge in [-0.3, -0.25) is 0 Å². The third-order valence-corrected chi connectivity index (χ3v) is 5.34. The Labute approximate surface area is 151 Å². The second kappa shape index (κ2) is 5.87. The summed E-state index contributed by atoms with van der Waals surface area (Å²) in [6.45, 7) is 0. The summed E-state index contributed by atoms with van der Waals surface area (Å²) >= 11 is 0. The van der Waals surface area contributed by atoms with E-state index in [0.717, 1.165) is 6.42 Å². The number of aromatic nitrogens is 1. The Kier molecular flexibility index (Phi) is 3.49. The minimum absolute atomic E-state index is 0.658. The Bertz CT molecular complexity index is 1220. The van der Waals surface area contributed by atoms with Gasteiger partial charge in [0.05, 0.1) is 11.0 Å². The lowest BCUT2D eigenvalue weighted by atomic mass is 9.74. The molecule has 3 aromatic carbocycles. The molecule has 1 aliphatic carbocycles. The van der Waals surface area contributed by atoms with Crippen LogP contribution in [0.3, 0.4) is 0 Å². The van der Waals surface area contributed by atoms with Crippen LogP contribution in [-0.2, 0) is 0 Å². The zero-order valence-corrected chi connectivity index (χ0v) is 14.3. The third kappa shape index (κ3) is 2.23. The largest absolute Gasteiger partial charge is 0.484 e. The highest BCUT2D eigenvalue weighted by atomic mass is 16.4. The fourth-order valence-electron chi connectivity index (χ4n) is 4.09. The molecular formula is C22H18BNO2. The smallest absolute Gasteiger partial charge is 0.423 e. The minimum Gasteiger partial charge on any atom is -0.423 e. The molecule has 0 bridgehead atoms. The molecule has 0 amide bonds. The molecule has 0 unspecified atom stereocenters. The molecule has 1 heterocycles. The Hall–Kier alpha value is -2.82. The number of nitrogens with zero attached hydrogens (tertiary/aromatic N) is 1. The number of hydrogen-bond acceptors (Lipinski definition) is 2.